The minimum atomic E-state index is -3.20. The maximum absolute atomic E-state index is 11.8. The van der Waals surface area contributed by atoms with Gasteiger partial charge in [-0.2, -0.15) is 0 Å². The van der Waals surface area contributed by atoms with Crippen molar-refractivity contribution in [3.63, 3.8) is 0 Å². The first-order valence-corrected chi connectivity index (χ1v) is 8.05. The molecule has 0 bridgehead atoms. The number of hydrogen-bond donors (Lipinski definition) is 2. The van der Waals surface area contributed by atoms with E-state index in [2.05, 4.69) is 5.32 Å². The summed E-state index contributed by atoms with van der Waals surface area (Å²) in [6.07, 6.45) is 2.70. The van der Waals surface area contributed by atoms with Crippen molar-refractivity contribution in [2.45, 2.75) is 24.7 Å². The molecule has 0 aliphatic carbocycles. The summed E-state index contributed by atoms with van der Waals surface area (Å²) in [5, 5.41) is 2.75. The van der Waals surface area contributed by atoms with Gasteiger partial charge in [0.15, 0.2) is 9.84 Å². The highest BCUT2D eigenvalue weighted by molar-refractivity contribution is 7.90. The van der Waals surface area contributed by atoms with E-state index in [1.807, 2.05) is 6.92 Å². The summed E-state index contributed by atoms with van der Waals surface area (Å²) in [5.74, 6) is -0.196. The number of rotatable bonds is 6. The molecule has 0 saturated heterocycles. The van der Waals surface area contributed by atoms with E-state index in [-0.39, 0.29) is 16.7 Å². The van der Waals surface area contributed by atoms with Crippen molar-refractivity contribution >= 4 is 21.4 Å². The molecule has 0 aliphatic rings. The van der Waals surface area contributed by atoms with Gasteiger partial charge in [0, 0.05) is 17.9 Å². The van der Waals surface area contributed by atoms with Crippen LogP contribution < -0.4 is 11.1 Å². The molecule has 1 aromatic carbocycles. The topological polar surface area (TPSA) is 89.3 Å². The minimum absolute atomic E-state index is 0.0828. The van der Waals surface area contributed by atoms with E-state index in [0.717, 1.165) is 19.1 Å². The third-order valence-electron chi connectivity index (χ3n) is 2.84. The molecule has 1 unspecified atom stereocenters. The first-order valence-electron chi connectivity index (χ1n) is 6.15. The largest absolute Gasteiger partial charge is 0.330 e. The van der Waals surface area contributed by atoms with Crippen LogP contribution in [-0.4, -0.2) is 27.1 Å². The van der Waals surface area contributed by atoms with Crippen molar-refractivity contribution < 1.29 is 13.2 Å². The second kappa shape index (κ2) is 6.68. The van der Waals surface area contributed by atoms with Crippen LogP contribution in [0, 0.1) is 5.92 Å². The van der Waals surface area contributed by atoms with Crippen molar-refractivity contribution in [2.75, 3.05) is 18.1 Å². The second-order valence-corrected chi connectivity index (χ2v) is 6.63. The highest BCUT2D eigenvalue weighted by Gasteiger charge is 2.13. The van der Waals surface area contributed by atoms with Gasteiger partial charge in [0.1, 0.15) is 0 Å². The maximum atomic E-state index is 11.8. The van der Waals surface area contributed by atoms with Crippen molar-refractivity contribution in [2.24, 2.45) is 11.7 Å². The SMILES string of the molecule is CC(CCCN)C(=O)Nc1ccc(S(C)(=O)=O)cc1. The standard InChI is InChI=1S/C13H20N2O3S/c1-10(4-3-9-14)13(16)15-11-5-7-12(8-6-11)19(2,17)18/h5-8,10H,3-4,9,14H2,1-2H3,(H,15,16). The van der Waals surface area contributed by atoms with E-state index in [9.17, 15) is 13.2 Å². The Morgan fingerprint density at radius 1 is 1.32 bits per heavy atom. The van der Waals surface area contributed by atoms with Gasteiger partial charge in [-0.3, -0.25) is 4.79 Å². The van der Waals surface area contributed by atoms with Crippen LogP contribution in [0.5, 0.6) is 0 Å². The molecule has 0 spiro atoms. The van der Waals surface area contributed by atoms with Crippen LogP contribution in [0.1, 0.15) is 19.8 Å². The quantitative estimate of drug-likeness (QED) is 0.826. The fourth-order valence-electron chi connectivity index (χ4n) is 1.61. The fraction of sp³-hybridized carbons (Fsp3) is 0.462. The van der Waals surface area contributed by atoms with Crippen LogP contribution in [0.25, 0.3) is 0 Å². The van der Waals surface area contributed by atoms with Gasteiger partial charge in [-0.05, 0) is 43.7 Å². The molecular weight excluding hydrogens is 264 g/mol. The predicted molar refractivity (Wildman–Crippen MR) is 75.6 cm³/mol. The Morgan fingerprint density at radius 3 is 2.37 bits per heavy atom. The lowest BCUT2D eigenvalue weighted by Gasteiger charge is -2.11. The summed E-state index contributed by atoms with van der Waals surface area (Å²) < 4.78 is 22.6. The first kappa shape index (κ1) is 15.7. The molecule has 0 heterocycles. The molecule has 0 radical (unpaired) electrons. The number of nitrogens with one attached hydrogen (secondary N) is 1. The van der Waals surface area contributed by atoms with E-state index < -0.39 is 9.84 Å². The summed E-state index contributed by atoms with van der Waals surface area (Å²) in [4.78, 5) is 12.1. The Bertz CT molecular complexity index is 523. The van der Waals surface area contributed by atoms with E-state index in [1.165, 1.54) is 12.1 Å². The first-order chi connectivity index (χ1) is 8.84. The van der Waals surface area contributed by atoms with Gasteiger partial charge < -0.3 is 11.1 Å². The average molecular weight is 284 g/mol. The Hall–Kier alpha value is -1.40. The van der Waals surface area contributed by atoms with Crippen LogP contribution >= 0.6 is 0 Å². The molecule has 0 saturated carbocycles. The molecular formula is C13H20N2O3S. The van der Waals surface area contributed by atoms with Crippen molar-refractivity contribution in [1.82, 2.24) is 0 Å². The number of benzene rings is 1. The lowest BCUT2D eigenvalue weighted by molar-refractivity contribution is -0.119. The van der Waals surface area contributed by atoms with E-state index >= 15 is 0 Å². The highest BCUT2D eigenvalue weighted by atomic mass is 32.2. The molecule has 106 valence electrons. The lowest BCUT2D eigenvalue weighted by Crippen LogP contribution is -2.21. The second-order valence-electron chi connectivity index (χ2n) is 4.62. The monoisotopic (exact) mass is 284 g/mol. The number of anilines is 1. The highest BCUT2D eigenvalue weighted by Crippen LogP contribution is 2.15. The summed E-state index contributed by atoms with van der Waals surface area (Å²) in [5.41, 5.74) is 5.99. The Labute approximate surface area is 114 Å². The van der Waals surface area contributed by atoms with Crippen LogP contribution in [0.3, 0.4) is 0 Å². The van der Waals surface area contributed by atoms with E-state index in [1.54, 1.807) is 12.1 Å². The number of carbonyl (C=O) groups is 1. The van der Waals surface area contributed by atoms with Gasteiger partial charge in [0.05, 0.1) is 4.90 Å². The molecule has 0 aromatic heterocycles. The van der Waals surface area contributed by atoms with Crippen molar-refractivity contribution in [3.05, 3.63) is 24.3 Å². The summed E-state index contributed by atoms with van der Waals surface area (Å²) in [7, 11) is -3.20. The molecule has 0 fully saturated rings. The third-order valence-corrected chi connectivity index (χ3v) is 3.97. The number of nitrogens with two attached hydrogens (primary N) is 1. The lowest BCUT2D eigenvalue weighted by atomic mass is 10.0. The number of hydrogen-bond acceptors (Lipinski definition) is 4. The van der Waals surface area contributed by atoms with Gasteiger partial charge in [0.25, 0.3) is 0 Å². The minimum Gasteiger partial charge on any atom is -0.330 e. The van der Waals surface area contributed by atoms with Crippen molar-refractivity contribution in [1.29, 1.82) is 0 Å². The van der Waals surface area contributed by atoms with Crippen LogP contribution in [0.15, 0.2) is 29.2 Å². The van der Waals surface area contributed by atoms with Crippen molar-refractivity contribution in [3.8, 4) is 0 Å². The predicted octanol–water partition coefficient (Wildman–Crippen LogP) is 1.40. The Balaban J connectivity index is 2.65. The van der Waals surface area contributed by atoms with E-state index in [4.69, 9.17) is 5.73 Å². The normalized spacial score (nSPS) is 13.0. The average Bonchev–Trinajstić information content (AvgIpc) is 2.35. The van der Waals surface area contributed by atoms with Gasteiger partial charge in [0.2, 0.25) is 5.91 Å². The summed E-state index contributed by atoms with van der Waals surface area (Å²) in [6, 6.07) is 6.14. The fourth-order valence-corrected chi connectivity index (χ4v) is 2.24. The Morgan fingerprint density at radius 2 is 1.89 bits per heavy atom. The summed E-state index contributed by atoms with van der Waals surface area (Å²) >= 11 is 0. The zero-order valence-corrected chi connectivity index (χ0v) is 12.0. The number of sulfone groups is 1. The number of amides is 1. The molecule has 1 rings (SSSR count). The Kier molecular flexibility index (Phi) is 5.50. The maximum Gasteiger partial charge on any atom is 0.227 e. The van der Waals surface area contributed by atoms with Crippen LogP contribution in [-0.2, 0) is 14.6 Å². The van der Waals surface area contributed by atoms with Gasteiger partial charge in [-0.1, -0.05) is 6.92 Å². The smallest absolute Gasteiger partial charge is 0.227 e. The zero-order chi connectivity index (χ0) is 14.5. The third kappa shape index (κ3) is 5.00. The molecule has 19 heavy (non-hydrogen) atoms. The zero-order valence-electron chi connectivity index (χ0n) is 11.2. The molecule has 1 amide bonds. The van der Waals surface area contributed by atoms with Crippen LogP contribution in [0.2, 0.25) is 0 Å². The molecule has 1 atom stereocenters. The molecule has 1 aromatic rings. The molecule has 5 nitrogen and oxygen atoms in total. The van der Waals surface area contributed by atoms with Gasteiger partial charge in [-0.25, -0.2) is 8.42 Å². The summed E-state index contributed by atoms with van der Waals surface area (Å²) in [6.45, 7) is 2.41. The van der Waals surface area contributed by atoms with Gasteiger partial charge in [-0.15, -0.1) is 0 Å². The molecule has 6 heteroatoms. The van der Waals surface area contributed by atoms with E-state index in [0.29, 0.717) is 12.2 Å². The number of carbonyl (C=O) groups excluding carboxylic acids is 1. The molecule has 0 aliphatic heterocycles. The molecule has 3 N–H and O–H groups in total. The van der Waals surface area contributed by atoms with Crippen LogP contribution in [0.4, 0.5) is 5.69 Å². The van der Waals surface area contributed by atoms with Gasteiger partial charge >= 0.3 is 0 Å².